The molecule has 1 nitrogen and oxygen atoms in total. The lowest BCUT2D eigenvalue weighted by Crippen LogP contribution is -1.80. The van der Waals surface area contributed by atoms with Gasteiger partial charge < -0.3 is 5.11 Å². The number of hydrogen-bond acceptors (Lipinski definition) is 1. The second-order valence-electron chi connectivity index (χ2n) is 3.53. The fraction of sp³-hybridized carbons (Fsp3) is 0.0769. The molecule has 0 heterocycles. The Hall–Kier alpha value is -1.28. The molecule has 0 aliphatic heterocycles. The number of aromatic hydroxyl groups is 1. The van der Waals surface area contributed by atoms with Gasteiger partial charge in [-0.05, 0) is 30.7 Å². The summed E-state index contributed by atoms with van der Waals surface area (Å²) in [7, 11) is 0. The van der Waals surface area contributed by atoms with E-state index in [1.807, 2.05) is 43.3 Å². The van der Waals surface area contributed by atoms with Crippen molar-refractivity contribution in [3.63, 3.8) is 0 Å². The third kappa shape index (κ3) is 2.21. The molecule has 2 aromatic carbocycles. The van der Waals surface area contributed by atoms with Crippen LogP contribution in [0.5, 0.6) is 5.75 Å². The van der Waals surface area contributed by atoms with Crippen LogP contribution < -0.4 is 0 Å². The number of hydrogen-bond donors (Lipinski definition) is 1. The Kier molecular flexibility index (Phi) is 2.78. The highest BCUT2D eigenvalue weighted by Crippen LogP contribution is 2.31. The summed E-state index contributed by atoms with van der Waals surface area (Å²) < 4.78 is 0.968. The predicted octanol–water partition coefficient (Wildman–Crippen LogP) is 4.13. The summed E-state index contributed by atoms with van der Waals surface area (Å²) in [4.78, 5) is 0. The Morgan fingerprint density at radius 3 is 2.33 bits per heavy atom. The molecule has 0 unspecified atom stereocenters. The van der Waals surface area contributed by atoms with E-state index in [0.29, 0.717) is 5.75 Å². The summed E-state index contributed by atoms with van der Waals surface area (Å²) in [5.41, 5.74) is 3.09. The molecule has 0 atom stereocenters. The molecule has 0 amide bonds. The Bertz CT molecular complexity index is 474. The fourth-order valence-electron chi connectivity index (χ4n) is 1.47. The standard InChI is InChI=1S/C13H11BrO/c1-9-2-4-10(5-3-9)12-8-11(14)6-7-13(12)15/h2-8,15H,1H3. The second kappa shape index (κ2) is 4.07. The summed E-state index contributed by atoms with van der Waals surface area (Å²) in [5.74, 6) is 0.307. The van der Waals surface area contributed by atoms with Crippen LogP contribution in [0, 0.1) is 6.92 Å². The van der Waals surface area contributed by atoms with E-state index in [1.54, 1.807) is 6.07 Å². The molecule has 15 heavy (non-hydrogen) atoms. The fourth-order valence-corrected chi connectivity index (χ4v) is 1.83. The van der Waals surface area contributed by atoms with Gasteiger partial charge in [-0.25, -0.2) is 0 Å². The average Bonchev–Trinajstić information content (AvgIpc) is 2.23. The number of aryl methyl sites for hydroxylation is 1. The number of rotatable bonds is 1. The van der Waals surface area contributed by atoms with Crippen LogP contribution in [0.1, 0.15) is 5.56 Å². The Morgan fingerprint density at radius 2 is 1.67 bits per heavy atom. The molecule has 1 N–H and O–H groups in total. The molecule has 0 saturated heterocycles. The summed E-state index contributed by atoms with van der Waals surface area (Å²) in [6.45, 7) is 2.05. The Labute approximate surface area is 97.5 Å². The molecule has 2 heteroatoms. The largest absolute Gasteiger partial charge is 0.507 e. The molecule has 0 aliphatic rings. The van der Waals surface area contributed by atoms with Gasteiger partial charge in [0.25, 0.3) is 0 Å². The molecule has 2 aromatic rings. The van der Waals surface area contributed by atoms with Gasteiger partial charge in [0.05, 0.1) is 0 Å². The molecule has 0 saturated carbocycles. The van der Waals surface area contributed by atoms with Crippen molar-refractivity contribution in [2.45, 2.75) is 6.92 Å². The summed E-state index contributed by atoms with van der Waals surface area (Å²) >= 11 is 3.40. The van der Waals surface area contributed by atoms with Gasteiger partial charge in [0.15, 0.2) is 0 Å². The van der Waals surface area contributed by atoms with Crippen LogP contribution in [0.3, 0.4) is 0 Å². The molecular weight excluding hydrogens is 252 g/mol. The van der Waals surface area contributed by atoms with E-state index < -0.39 is 0 Å². The van der Waals surface area contributed by atoms with Crippen LogP contribution in [0.15, 0.2) is 46.9 Å². The van der Waals surface area contributed by atoms with Gasteiger partial charge in [0, 0.05) is 10.0 Å². The van der Waals surface area contributed by atoms with Crippen molar-refractivity contribution in [1.29, 1.82) is 0 Å². The van der Waals surface area contributed by atoms with E-state index in [2.05, 4.69) is 15.9 Å². The lowest BCUT2D eigenvalue weighted by Gasteiger charge is -2.05. The molecule has 2 rings (SSSR count). The first-order valence-corrected chi connectivity index (χ1v) is 5.51. The van der Waals surface area contributed by atoms with Crippen LogP contribution in [0.25, 0.3) is 11.1 Å². The van der Waals surface area contributed by atoms with Crippen LogP contribution in [-0.4, -0.2) is 5.11 Å². The normalized spacial score (nSPS) is 10.3. The first kappa shape index (κ1) is 10.2. The van der Waals surface area contributed by atoms with E-state index in [4.69, 9.17) is 0 Å². The molecule has 0 radical (unpaired) electrons. The van der Waals surface area contributed by atoms with Crippen LogP contribution in [0.2, 0.25) is 0 Å². The predicted molar refractivity (Wildman–Crippen MR) is 66.0 cm³/mol. The van der Waals surface area contributed by atoms with Crippen molar-refractivity contribution >= 4 is 15.9 Å². The van der Waals surface area contributed by atoms with Crippen molar-refractivity contribution < 1.29 is 5.11 Å². The van der Waals surface area contributed by atoms with Crippen molar-refractivity contribution in [3.05, 3.63) is 52.5 Å². The maximum absolute atomic E-state index is 9.74. The van der Waals surface area contributed by atoms with Gasteiger partial charge in [0.1, 0.15) is 5.75 Å². The lowest BCUT2D eigenvalue weighted by molar-refractivity contribution is 0.477. The summed E-state index contributed by atoms with van der Waals surface area (Å²) in [5, 5.41) is 9.74. The topological polar surface area (TPSA) is 20.2 Å². The van der Waals surface area contributed by atoms with Gasteiger partial charge in [-0.1, -0.05) is 45.8 Å². The number of phenols is 1. The zero-order chi connectivity index (χ0) is 10.8. The van der Waals surface area contributed by atoms with Gasteiger partial charge in [-0.15, -0.1) is 0 Å². The second-order valence-corrected chi connectivity index (χ2v) is 4.44. The molecule has 0 spiro atoms. The zero-order valence-corrected chi connectivity index (χ0v) is 9.95. The maximum atomic E-state index is 9.74. The minimum atomic E-state index is 0.307. The molecule has 0 aromatic heterocycles. The number of halogens is 1. The molecule has 0 fully saturated rings. The minimum Gasteiger partial charge on any atom is -0.507 e. The lowest BCUT2D eigenvalue weighted by atomic mass is 10.0. The maximum Gasteiger partial charge on any atom is 0.123 e. The number of phenolic OH excluding ortho intramolecular Hbond substituents is 1. The molecule has 76 valence electrons. The first-order chi connectivity index (χ1) is 7.16. The minimum absolute atomic E-state index is 0.307. The monoisotopic (exact) mass is 262 g/mol. The van der Waals surface area contributed by atoms with E-state index in [9.17, 15) is 5.11 Å². The highest BCUT2D eigenvalue weighted by molar-refractivity contribution is 9.10. The van der Waals surface area contributed by atoms with Crippen molar-refractivity contribution in [2.75, 3.05) is 0 Å². The Morgan fingerprint density at radius 1 is 1.00 bits per heavy atom. The van der Waals surface area contributed by atoms with Crippen LogP contribution >= 0.6 is 15.9 Å². The third-order valence-corrected chi connectivity index (χ3v) is 2.81. The highest BCUT2D eigenvalue weighted by atomic mass is 79.9. The van der Waals surface area contributed by atoms with E-state index in [1.165, 1.54) is 5.56 Å². The van der Waals surface area contributed by atoms with Crippen LogP contribution in [0.4, 0.5) is 0 Å². The average molecular weight is 263 g/mol. The molecule has 0 aliphatic carbocycles. The smallest absolute Gasteiger partial charge is 0.123 e. The van der Waals surface area contributed by atoms with Crippen molar-refractivity contribution in [3.8, 4) is 16.9 Å². The Balaban J connectivity index is 2.53. The van der Waals surface area contributed by atoms with Gasteiger partial charge >= 0.3 is 0 Å². The van der Waals surface area contributed by atoms with E-state index >= 15 is 0 Å². The number of benzene rings is 2. The van der Waals surface area contributed by atoms with Gasteiger partial charge in [-0.2, -0.15) is 0 Å². The van der Waals surface area contributed by atoms with Crippen LogP contribution in [-0.2, 0) is 0 Å². The molecular formula is C13H11BrO. The van der Waals surface area contributed by atoms with Crippen molar-refractivity contribution in [1.82, 2.24) is 0 Å². The zero-order valence-electron chi connectivity index (χ0n) is 8.37. The van der Waals surface area contributed by atoms with Gasteiger partial charge in [-0.3, -0.25) is 0 Å². The summed E-state index contributed by atoms with van der Waals surface area (Å²) in [6, 6.07) is 13.5. The quantitative estimate of drug-likeness (QED) is 0.820. The third-order valence-electron chi connectivity index (χ3n) is 2.32. The molecule has 0 bridgehead atoms. The van der Waals surface area contributed by atoms with E-state index in [-0.39, 0.29) is 0 Å². The first-order valence-electron chi connectivity index (χ1n) is 4.72. The van der Waals surface area contributed by atoms with Gasteiger partial charge in [0.2, 0.25) is 0 Å². The highest BCUT2D eigenvalue weighted by Gasteiger charge is 2.04. The summed E-state index contributed by atoms with van der Waals surface area (Å²) in [6.07, 6.45) is 0. The van der Waals surface area contributed by atoms with E-state index in [0.717, 1.165) is 15.6 Å². The SMILES string of the molecule is Cc1ccc(-c2cc(Br)ccc2O)cc1. The van der Waals surface area contributed by atoms with Crippen molar-refractivity contribution in [2.24, 2.45) is 0 Å².